The largest absolute Gasteiger partial charge is 0.381 e. The molecular weight excluding hydrogens is 330 g/mol. The summed E-state index contributed by atoms with van der Waals surface area (Å²) in [6.45, 7) is 6.72. The lowest BCUT2D eigenvalue weighted by molar-refractivity contribution is -0.139. The monoisotopic (exact) mass is 361 g/mol. The van der Waals surface area contributed by atoms with E-state index in [-0.39, 0.29) is 11.5 Å². The van der Waals surface area contributed by atoms with Gasteiger partial charge in [0.25, 0.3) is 5.91 Å². The maximum Gasteiger partial charge on any atom is 0.267 e. The van der Waals surface area contributed by atoms with Crippen LogP contribution in [0.3, 0.4) is 0 Å². The molecule has 0 bridgehead atoms. The van der Waals surface area contributed by atoms with Gasteiger partial charge in [0, 0.05) is 59.2 Å². The number of ether oxygens (including phenoxy) is 2. The molecule has 3 aliphatic heterocycles. The van der Waals surface area contributed by atoms with Crippen LogP contribution in [0, 0.1) is 11.8 Å². The predicted octanol–water partition coefficient (Wildman–Crippen LogP) is 1.66. The number of aromatic nitrogens is 1. The molecule has 1 spiro atoms. The first-order valence-electron chi connectivity index (χ1n) is 10.00. The first-order valence-corrected chi connectivity index (χ1v) is 10.00. The minimum Gasteiger partial charge on any atom is -0.381 e. The molecule has 1 atom stereocenters. The van der Waals surface area contributed by atoms with Gasteiger partial charge >= 0.3 is 0 Å². The number of carbonyl (C=O) groups excluding carboxylic acids is 1. The molecule has 3 saturated heterocycles. The van der Waals surface area contributed by atoms with Gasteiger partial charge in [0.15, 0.2) is 0 Å². The van der Waals surface area contributed by atoms with E-state index in [0.717, 1.165) is 58.2 Å². The molecule has 1 amide bonds. The summed E-state index contributed by atoms with van der Waals surface area (Å²) in [7, 11) is 1.90. The number of amides is 1. The van der Waals surface area contributed by atoms with Crippen LogP contribution in [0.2, 0.25) is 0 Å². The molecule has 1 N–H and O–H groups in total. The van der Waals surface area contributed by atoms with Gasteiger partial charge < -0.3 is 19.4 Å². The summed E-state index contributed by atoms with van der Waals surface area (Å²) in [5.74, 6) is 1.35. The number of nitrogens with zero attached hydrogens (tertiary/aromatic N) is 2. The number of aryl methyl sites for hydroxylation is 1. The Hall–Kier alpha value is -1.37. The fourth-order valence-electron chi connectivity index (χ4n) is 4.82. The van der Waals surface area contributed by atoms with Gasteiger partial charge in [-0.05, 0) is 49.7 Å². The summed E-state index contributed by atoms with van der Waals surface area (Å²) in [5, 5.41) is 3.07. The summed E-state index contributed by atoms with van der Waals surface area (Å²) in [6.07, 6.45) is 6.40. The number of carbonyl (C=O) groups is 1. The molecule has 1 aromatic heterocycles. The SMILES string of the molecule is Cn1cccc1C(=O)NCC[C@H]1CCOC12CN(CC1CCOCC1)C2. The molecule has 4 heterocycles. The Labute approximate surface area is 155 Å². The van der Waals surface area contributed by atoms with E-state index in [0.29, 0.717) is 11.6 Å². The number of likely N-dealkylation sites (tertiary alicyclic amines) is 1. The van der Waals surface area contributed by atoms with Crippen molar-refractivity contribution in [3.05, 3.63) is 24.0 Å². The van der Waals surface area contributed by atoms with Crippen molar-refractivity contribution in [1.29, 1.82) is 0 Å². The van der Waals surface area contributed by atoms with Crippen molar-refractivity contribution in [2.24, 2.45) is 18.9 Å². The molecule has 1 aromatic rings. The Morgan fingerprint density at radius 2 is 2.08 bits per heavy atom. The topological polar surface area (TPSA) is 55.7 Å². The maximum absolute atomic E-state index is 12.2. The fourth-order valence-corrected chi connectivity index (χ4v) is 4.82. The van der Waals surface area contributed by atoms with Crippen LogP contribution in [0.5, 0.6) is 0 Å². The van der Waals surface area contributed by atoms with E-state index in [1.54, 1.807) is 0 Å². The minimum atomic E-state index is 0.0141. The molecule has 4 rings (SSSR count). The van der Waals surface area contributed by atoms with Gasteiger partial charge in [-0.15, -0.1) is 0 Å². The van der Waals surface area contributed by atoms with E-state index in [9.17, 15) is 4.79 Å². The Morgan fingerprint density at radius 3 is 2.81 bits per heavy atom. The van der Waals surface area contributed by atoms with Crippen molar-refractivity contribution in [2.45, 2.75) is 31.3 Å². The van der Waals surface area contributed by atoms with Crippen molar-refractivity contribution in [1.82, 2.24) is 14.8 Å². The van der Waals surface area contributed by atoms with E-state index in [1.165, 1.54) is 19.4 Å². The lowest BCUT2D eigenvalue weighted by Crippen LogP contribution is -2.65. The zero-order chi connectivity index (χ0) is 18.0. The molecule has 0 unspecified atom stereocenters. The van der Waals surface area contributed by atoms with Gasteiger partial charge in [0.2, 0.25) is 0 Å². The van der Waals surface area contributed by atoms with Crippen molar-refractivity contribution >= 4 is 5.91 Å². The third-order valence-corrected chi connectivity index (χ3v) is 6.39. The van der Waals surface area contributed by atoms with Gasteiger partial charge in [-0.2, -0.15) is 0 Å². The lowest BCUT2D eigenvalue weighted by atomic mass is 9.78. The molecule has 6 nitrogen and oxygen atoms in total. The van der Waals surface area contributed by atoms with E-state index < -0.39 is 0 Å². The first-order chi connectivity index (χ1) is 12.7. The molecule has 26 heavy (non-hydrogen) atoms. The molecule has 144 valence electrons. The van der Waals surface area contributed by atoms with Crippen LogP contribution < -0.4 is 5.32 Å². The fraction of sp³-hybridized carbons (Fsp3) is 0.750. The quantitative estimate of drug-likeness (QED) is 0.837. The maximum atomic E-state index is 12.2. The molecule has 0 aliphatic carbocycles. The lowest BCUT2D eigenvalue weighted by Gasteiger charge is -2.51. The third kappa shape index (κ3) is 3.68. The van der Waals surface area contributed by atoms with Crippen molar-refractivity contribution in [3.8, 4) is 0 Å². The zero-order valence-electron chi connectivity index (χ0n) is 15.8. The van der Waals surface area contributed by atoms with Crippen LogP contribution in [0.25, 0.3) is 0 Å². The van der Waals surface area contributed by atoms with Crippen LogP contribution in [0.15, 0.2) is 18.3 Å². The van der Waals surface area contributed by atoms with Gasteiger partial charge in [-0.25, -0.2) is 0 Å². The standard InChI is InChI=1S/C20H31N3O3/c1-22-9-2-3-18(22)19(24)21-8-4-17-7-12-26-20(17)14-23(15-20)13-16-5-10-25-11-6-16/h2-3,9,16-17H,4-8,10-15H2,1H3,(H,21,24)/t17-/m0/s1. The van der Waals surface area contributed by atoms with Crippen LogP contribution in [0.1, 0.15) is 36.2 Å². The summed E-state index contributed by atoms with van der Waals surface area (Å²) >= 11 is 0. The van der Waals surface area contributed by atoms with E-state index in [2.05, 4.69) is 10.2 Å². The second-order valence-electron chi connectivity index (χ2n) is 8.17. The summed E-state index contributed by atoms with van der Waals surface area (Å²) < 4.78 is 13.5. The number of hydrogen-bond acceptors (Lipinski definition) is 4. The second-order valence-corrected chi connectivity index (χ2v) is 8.17. The predicted molar refractivity (Wildman–Crippen MR) is 99.1 cm³/mol. The first kappa shape index (κ1) is 18.0. The highest BCUT2D eigenvalue weighted by Crippen LogP contribution is 2.42. The van der Waals surface area contributed by atoms with Crippen molar-refractivity contribution in [2.75, 3.05) is 46.0 Å². The number of rotatable bonds is 6. The van der Waals surface area contributed by atoms with Crippen LogP contribution in [-0.2, 0) is 16.5 Å². The number of hydrogen-bond donors (Lipinski definition) is 1. The molecule has 0 radical (unpaired) electrons. The summed E-state index contributed by atoms with van der Waals surface area (Å²) in [4.78, 5) is 14.8. The van der Waals surface area contributed by atoms with Crippen molar-refractivity contribution in [3.63, 3.8) is 0 Å². The minimum absolute atomic E-state index is 0.0141. The van der Waals surface area contributed by atoms with Gasteiger partial charge in [0.05, 0.1) is 5.60 Å². The van der Waals surface area contributed by atoms with Crippen LogP contribution in [-0.4, -0.2) is 67.0 Å². The molecule has 3 aliphatic rings. The Kier molecular flexibility index (Phi) is 5.34. The summed E-state index contributed by atoms with van der Waals surface area (Å²) in [6, 6.07) is 3.76. The van der Waals surface area contributed by atoms with E-state index >= 15 is 0 Å². The van der Waals surface area contributed by atoms with Gasteiger partial charge in [-0.3, -0.25) is 9.69 Å². The van der Waals surface area contributed by atoms with E-state index in [4.69, 9.17) is 9.47 Å². The highest BCUT2D eigenvalue weighted by molar-refractivity contribution is 5.92. The molecule has 6 heteroatoms. The highest BCUT2D eigenvalue weighted by Gasteiger charge is 2.52. The van der Waals surface area contributed by atoms with Crippen molar-refractivity contribution < 1.29 is 14.3 Å². The normalized spacial score (nSPS) is 26.1. The Bertz CT molecular complexity index is 618. The Balaban J connectivity index is 1.22. The zero-order valence-corrected chi connectivity index (χ0v) is 15.8. The Morgan fingerprint density at radius 1 is 1.27 bits per heavy atom. The average molecular weight is 361 g/mol. The van der Waals surface area contributed by atoms with E-state index in [1.807, 2.05) is 29.9 Å². The third-order valence-electron chi connectivity index (χ3n) is 6.39. The molecule has 3 fully saturated rings. The smallest absolute Gasteiger partial charge is 0.267 e. The molecule has 0 aromatic carbocycles. The summed E-state index contributed by atoms with van der Waals surface area (Å²) in [5.41, 5.74) is 0.759. The highest BCUT2D eigenvalue weighted by atomic mass is 16.5. The second kappa shape index (κ2) is 7.71. The molecule has 0 saturated carbocycles. The van der Waals surface area contributed by atoms with Gasteiger partial charge in [-0.1, -0.05) is 0 Å². The number of nitrogens with one attached hydrogen (secondary N) is 1. The van der Waals surface area contributed by atoms with Gasteiger partial charge in [0.1, 0.15) is 5.69 Å². The van der Waals surface area contributed by atoms with Crippen LogP contribution >= 0.6 is 0 Å². The molecular formula is C20H31N3O3. The van der Waals surface area contributed by atoms with Crippen LogP contribution in [0.4, 0.5) is 0 Å². The average Bonchev–Trinajstić information content (AvgIpc) is 3.22.